The quantitative estimate of drug-likeness (QED) is 0.488. The van der Waals surface area contributed by atoms with Gasteiger partial charge in [0.15, 0.2) is 9.84 Å². The zero-order valence-corrected chi connectivity index (χ0v) is 13.8. The van der Waals surface area contributed by atoms with Crippen molar-refractivity contribution >= 4 is 27.1 Å². The number of hydrogen-bond acceptors (Lipinski definition) is 6. The van der Waals surface area contributed by atoms with Crippen molar-refractivity contribution in [1.82, 2.24) is 4.90 Å². The molecule has 0 aliphatic carbocycles. The van der Waals surface area contributed by atoms with Crippen LogP contribution in [-0.2, 0) is 9.84 Å². The number of nitrogens with two attached hydrogens (primary N) is 1. The number of nitro groups is 1. The van der Waals surface area contributed by atoms with Crippen molar-refractivity contribution in [2.75, 3.05) is 24.6 Å². The average Bonchev–Trinajstić information content (AvgIpc) is 2.60. The highest BCUT2D eigenvalue weighted by Gasteiger charge is 2.30. The Morgan fingerprint density at radius 3 is 2.65 bits per heavy atom. The molecular formula is C14H19N3O5S. The minimum absolute atomic E-state index is 0.0450. The lowest BCUT2D eigenvalue weighted by Gasteiger charge is -2.21. The van der Waals surface area contributed by atoms with Gasteiger partial charge in [-0.2, -0.15) is 0 Å². The van der Waals surface area contributed by atoms with Crippen LogP contribution in [0.4, 0.5) is 11.4 Å². The zero-order chi connectivity index (χ0) is 17.4. The number of amides is 1. The molecule has 0 unspecified atom stereocenters. The third kappa shape index (κ3) is 3.44. The Labute approximate surface area is 134 Å². The standard InChI is InChI=1S/C14H19N3O5S/c1-9-7-11(13(15)12(8-9)17(19)20)14(18)16-4-3-10(2)23(21,22)6-5-16/h7-8,10H,3-6,15H2,1-2H3/t10-/m0/s1. The minimum Gasteiger partial charge on any atom is -0.393 e. The van der Waals surface area contributed by atoms with Crippen LogP contribution in [0.25, 0.3) is 0 Å². The molecule has 1 atom stereocenters. The number of nitrogen functional groups attached to an aromatic ring is 1. The van der Waals surface area contributed by atoms with Gasteiger partial charge in [0.25, 0.3) is 11.6 Å². The number of rotatable bonds is 2. The van der Waals surface area contributed by atoms with Crippen LogP contribution >= 0.6 is 0 Å². The third-order valence-electron chi connectivity index (χ3n) is 4.08. The maximum absolute atomic E-state index is 12.6. The van der Waals surface area contributed by atoms with Gasteiger partial charge in [-0.15, -0.1) is 0 Å². The van der Waals surface area contributed by atoms with E-state index in [9.17, 15) is 23.3 Å². The van der Waals surface area contributed by atoms with Gasteiger partial charge < -0.3 is 10.6 Å². The average molecular weight is 341 g/mol. The fraction of sp³-hybridized carbons (Fsp3) is 0.500. The molecule has 1 aromatic rings. The first-order chi connectivity index (χ1) is 10.6. The summed E-state index contributed by atoms with van der Waals surface area (Å²) in [6.07, 6.45) is 0.335. The number of nitrogens with zero attached hydrogens (tertiary/aromatic N) is 2. The van der Waals surface area contributed by atoms with Crippen molar-refractivity contribution in [2.24, 2.45) is 0 Å². The maximum atomic E-state index is 12.6. The van der Waals surface area contributed by atoms with E-state index in [4.69, 9.17) is 5.73 Å². The molecule has 1 fully saturated rings. The number of sulfone groups is 1. The summed E-state index contributed by atoms with van der Waals surface area (Å²) in [4.78, 5) is 24.4. The molecule has 1 aliphatic heterocycles. The lowest BCUT2D eigenvalue weighted by atomic mass is 10.1. The number of hydrogen-bond donors (Lipinski definition) is 1. The number of carbonyl (C=O) groups is 1. The Kier molecular flexibility index (Phi) is 4.60. The van der Waals surface area contributed by atoms with E-state index in [0.717, 1.165) is 0 Å². The second-order valence-electron chi connectivity index (χ2n) is 5.76. The predicted octanol–water partition coefficient (Wildman–Crippen LogP) is 1.13. The molecule has 0 bridgehead atoms. The topological polar surface area (TPSA) is 124 Å². The smallest absolute Gasteiger partial charge is 0.293 e. The van der Waals surface area contributed by atoms with E-state index in [2.05, 4.69) is 0 Å². The van der Waals surface area contributed by atoms with Crippen LogP contribution in [0, 0.1) is 17.0 Å². The van der Waals surface area contributed by atoms with Crippen molar-refractivity contribution in [3.63, 3.8) is 0 Å². The fourth-order valence-electron chi connectivity index (χ4n) is 2.55. The molecule has 0 saturated carbocycles. The van der Waals surface area contributed by atoms with Gasteiger partial charge >= 0.3 is 0 Å². The van der Waals surface area contributed by atoms with Gasteiger partial charge in [0.1, 0.15) is 5.69 Å². The summed E-state index contributed by atoms with van der Waals surface area (Å²) in [6, 6.07) is 2.80. The summed E-state index contributed by atoms with van der Waals surface area (Å²) >= 11 is 0. The fourth-order valence-corrected chi connectivity index (χ4v) is 3.89. The summed E-state index contributed by atoms with van der Waals surface area (Å²) in [5, 5.41) is 10.5. The Morgan fingerprint density at radius 1 is 1.39 bits per heavy atom. The number of carbonyl (C=O) groups excluding carboxylic acids is 1. The van der Waals surface area contributed by atoms with E-state index >= 15 is 0 Å². The first-order valence-electron chi connectivity index (χ1n) is 7.19. The molecule has 0 radical (unpaired) electrons. The van der Waals surface area contributed by atoms with Crippen molar-refractivity contribution in [1.29, 1.82) is 0 Å². The molecule has 2 N–H and O–H groups in total. The Morgan fingerprint density at radius 2 is 2.04 bits per heavy atom. The summed E-state index contributed by atoms with van der Waals surface area (Å²) in [7, 11) is -3.22. The van der Waals surface area contributed by atoms with Crippen LogP contribution in [0.2, 0.25) is 0 Å². The van der Waals surface area contributed by atoms with E-state index < -0.39 is 25.9 Å². The largest absolute Gasteiger partial charge is 0.393 e. The van der Waals surface area contributed by atoms with E-state index in [1.54, 1.807) is 13.8 Å². The van der Waals surface area contributed by atoms with Crippen molar-refractivity contribution < 1.29 is 18.1 Å². The normalized spacial score (nSPS) is 20.8. The molecule has 8 nitrogen and oxygen atoms in total. The second-order valence-corrected chi connectivity index (χ2v) is 8.30. The number of benzene rings is 1. The van der Waals surface area contributed by atoms with Gasteiger partial charge in [-0.05, 0) is 31.9 Å². The van der Waals surface area contributed by atoms with Crippen LogP contribution in [0.1, 0.15) is 29.3 Å². The predicted molar refractivity (Wildman–Crippen MR) is 86.0 cm³/mol. The molecule has 126 valence electrons. The van der Waals surface area contributed by atoms with Crippen LogP contribution in [0.5, 0.6) is 0 Å². The van der Waals surface area contributed by atoms with Gasteiger partial charge in [0.05, 0.1) is 21.5 Å². The SMILES string of the molecule is Cc1cc(C(=O)N2CC[C@H](C)S(=O)(=O)CC2)c(N)c([N+](=O)[O-])c1. The third-order valence-corrected chi connectivity index (χ3v) is 6.29. The molecule has 1 saturated heterocycles. The first-order valence-corrected chi connectivity index (χ1v) is 8.90. The first kappa shape index (κ1) is 17.2. The maximum Gasteiger partial charge on any atom is 0.293 e. The Hall–Kier alpha value is -2.16. The van der Waals surface area contributed by atoms with Gasteiger partial charge in [0.2, 0.25) is 0 Å². The summed E-state index contributed by atoms with van der Waals surface area (Å²) in [5.41, 5.74) is 5.86. The van der Waals surface area contributed by atoms with Crippen LogP contribution in [0.3, 0.4) is 0 Å². The molecule has 23 heavy (non-hydrogen) atoms. The van der Waals surface area contributed by atoms with Crippen LogP contribution < -0.4 is 5.73 Å². The van der Waals surface area contributed by atoms with Crippen molar-refractivity contribution in [3.05, 3.63) is 33.4 Å². The molecule has 1 amide bonds. The van der Waals surface area contributed by atoms with Crippen LogP contribution in [-0.4, -0.2) is 48.2 Å². The van der Waals surface area contributed by atoms with E-state index in [1.165, 1.54) is 17.0 Å². The summed E-state index contributed by atoms with van der Waals surface area (Å²) < 4.78 is 23.8. The number of aryl methyl sites for hydroxylation is 1. The monoisotopic (exact) mass is 341 g/mol. The molecule has 1 aliphatic rings. The van der Waals surface area contributed by atoms with E-state index in [1.807, 2.05) is 0 Å². The number of anilines is 1. The molecule has 1 aromatic carbocycles. The highest BCUT2D eigenvalue weighted by molar-refractivity contribution is 7.92. The van der Waals surface area contributed by atoms with Crippen molar-refractivity contribution in [2.45, 2.75) is 25.5 Å². The molecule has 0 aromatic heterocycles. The second kappa shape index (κ2) is 6.15. The highest BCUT2D eigenvalue weighted by Crippen LogP contribution is 2.28. The molecular weight excluding hydrogens is 322 g/mol. The molecule has 0 spiro atoms. The van der Waals surface area contributed by atoms with E-state index in [0.29, 0.717) is 12.0 Å². The molecule has 1 heterocycles. The zero-order valence-electron chi connectivity index (χ0n) is 13.0. The summed E-state index contributed by atoms with van der Waals surface area (Å²) in [6.45, 7) is 3.60. The Bertz CT molecular complexity index is 760. The summed E-state index contributed by atoms with van der Waals surface area (Å²) in [5.74, 6) is -0.591. The van der Waals surface area contributed by atoms with Gasteiger partial charge in [-0.3, -0.25) is 14.9 Å². The lowest BCUT2D eigenvalue weighted by Crippen LogP contribution is -2.34. The van der Waals surface area contributed by atoms with Gasteiger partial charge in [-0.1, -0.05) is 0 Å². The molecule has 2 rings (SSSR count). The lowest BCUT2D eigenvalue weighted by molar-refractivity contribution is -0.384. The molecule has 9 heteroatoms. The minimum atomic E-state index is -3.22. The van der Waals surface area contributed by atoms with Gasteiger partial charge in [0, 0.05) is 19.2 Å². The van der Waals surface area contributed by atoms with Crippen LogP contribution in [0.15, 0.2) is 12.1 Å². The highest BCUT2D eigenvalue weighted by atomic mass is 32.2. The van der Waals surface area contributed by atoms with Crippen molar-refractivity contribution in [3.8, 4) is 0 Å². The van der Waals surface area contributed by atoms with Gasteiger partial charge in [-0.25, -0.2) is 8.42 Å². The Balaban J connectivity index is 2.36. The number of nitro benzene ring substituents is 1. The van der Waals surface area contributed by atoms with E-state index in [-0.39, 0.29) is 35.8 Å².